The van der Waals surface area contributed by atoms with Crippen molar-refractivity contribution in [2.45, 2.75) is 25.2 Å². The van der Waals surface area contributed by atoms with E-state index in [9.17, 15) is 9.59 Å². The Morgan fingerprint density at radius 1 is 1.16 bits per heavy atom. The van der Waals surface area contributed by atoms with Crippen LogP contribution in [0.5, 0.6) is 5.75 Å². The van der Waals surface area contributed by atoms with Crippen molar-refractivity contribution in [2.24, 2.45) is 0 Å². The van der Waals surface area contributed by atoms with Crippen molar-refractivity contribution < 1.29 is 9.53 Å². The van der Waals surface area contributed by atoms with Gasteiger partial charge in [0.2, 0.25) is 5.91 Å². The lowest BCUT2D eigenvalue weighted by molar-refractivity contribution is -0.118. The van der Waals surface area contributed by atoms with Crippen LogP contribution in [0.3, 0.4) is 0 Å². The third kappa shape index (κ3) is 5.20. The third-order valence-corrected chi connectivity index (χ3v) is 6.82. The van der Waals surface area contributed by atoms with Crippen LogP contribution in [-0.2, 0) is 17.9 Å². The number of nitrogens with zero attached hydrogens (tertiary/aromatic N) is 2. The summed E-state index contributed by atoms with van der Waals surface area (Å²) in [7, 11) is 1.61. The van der Waals surface area contributed by atoms with E-state index >= 15 is 0 Å². The van der Waals surface area contributed by atoms with Crippen LogP contribution in [0.2, 0.25) is 0 Å². The topological polar surface area (TPSA) is 73.2 Å². The average molecular weight is 466 g/mol. The second-order valence-electron chi connectivity index (χ2n) is 7.32. The van der Waals surface area contributed by atoms with Crippen molar-refractivity contribution in [3.8, 4) is 5.75 Å². The molecule has 4 rings (SSSR count). The summed E-state index contributed by atoms with van der Waals surface area (Å²) in [5.41, 5.74) is 3.70. The van der Waals surface area contributed by atoms with Gasteiger partial charge in [0.15, 0.2) is 5.16 Å². The number of ether oxygens (including phenoxy) is 1. The number of aryl methyl sites for hydroxylation is 1. The summed E-state index contributed by atoms with van der Waals surface area (Å²) in [6, 6.07) is 17.5. The monoisotopic (exact) mass is 465 g/mol. The van der Waals surface area contributed by atoms with Gasteiger partial charge < -0.3 is 10.1 Å². The summed E-state index contributed by atoms with van der Waals surface area (Å²) >= 11 is 2.64. The highest BCUT2D eigenvalue weighted by molar-refractivity contribution is 7.99. The molecule has 0 radical (unpaired) electrons. The van der Waals surface area contributed by atoms with Crippen molar-refractivity contribution in [1.29, 1.82) is 0 Å². The molecule has 1 amide bonds. The Morgan fingerprint density at radius 2 is 1.97 bits per heavy atom. The van der Waals surface area contributed by atoms with Crippen molar-refractivity contribution in [2.75, 3.05) is 12.9 Å². The summed E-state index contributed by atoms with van der Waals surface area (Å²) in [4.78, 5) is 30.2. The summed E-state index contributed by atoms with van der Waals surface area (Å²) in [5, 5.41) is 5.31. The number of nitrogens with one attached hydrogen (secondary N) is 1. The number of benzene rings is 2. The van der Waals surface area contributed by atoms with Gasteiger partial charge in [-0.2, -0.15) is 0 Å². The fraction of sp³-hybridized carbons (Fsp3) is 0.208. The first kappa shape index (κ1) is 22.1. The maximum Gasteiger partial charge on any atom is 0.272 e. The van der Waals surface area contributed by atoms with E-state index in [1.807, 2.05) is 66.9 Å². The van der Waals surface area contributed by atoms with Gasteiger partial charge in [0.25, 0.3) is 5.56 Å². The van der Waals surface area contributed by atoms with Crippen molar-refractivity contribution in [1.82, 2.24) is 14.9 Å². The first-order valence-electron chi connectivity index (χ1n) is 10.1. The molecular weight excluding hydrogens is 442 g/mol. The lowest BCUT2D eigenvalue weighted by Crippen LogP contribution is -2.26. The molecule has 164 valence electrons. The first-order chi connectivity index (χ1) is 15.5. The summed E-state index contributed by atoms with van der Waals surface area (Å²) in [5.74, 6) is 0.792. The van der Waals surface area contributed by atoms with E-state index in [0.717, 1.165) is 16.9 Å². The second kappa shape index (κ2) is 10.0. The van der Waals surface area contributed by atoms with Gasteiger partial charge >= 0.3 is 0 Å². The zero-order valence-electron chi connectivity index (χ0n) is 17.8. The standard InChI is InChI=1S/C24H23N3O3S2/c1-16-6-8-17(9-7-16)13-25-21(28)15-32-24-26-20-10-11-31-22(20)23(29)27(24)14-18-4-3-5-19(12-18)30-2/h3-12H,13-15H2,1-2H3,(H,25,28). The van der Waals surface area contributed by atoms with Crippen LogP contribution < -0.4 is 15.6 Å². The molecule has 0 atom stereocenters. The van der Waals surface area contributed by atoms with E-state index in [1.54, 1.807) is 11.7 Å². The van der Waals surface area contributed by atoms with E-state index in [4.69, 9.17) is 4.74 Å². The molecule has 2 heterocycles. The molecule has 0 bridgehead atoms. The minimum atomic E-state index is -0.108. The van der Waals surface area contributed by atoms with Crippen LogP contribution in [0.4, 0.5) is 0 Å². The first-order valence-corrected chi connectivity index (χ1v) is 12.0. The lowest BCUT2D eigenvalue weighted by atomic mass is 10.1. The molecule has 2 aromatic heterocycles. The molecule has 0 aliphatic rings. The summed E-state index contributed by atoms with van der Waals surface area (Å²) in [6.07, 6.45) is 0. The van der Waals surface area contributed by atoms with Gasteiger partial charge in [-0.05, 0) is 41.6 Å². The number of carbonyl (C=O) groups is 1. The maximum atomic E-state index is 13.1. The lowest BCUT2D eigenvalue weighted by Gasteiger charge is -2.13. The number of carbonyl (C=O) groups excluding carboxylic acids is 1. The van der Waals surface area contributed by atoms with E-state index in [2.05, 4.69) is 10.3 Å². The van der Waals surface area contributed by atoms with Crippen molar-refractivity contribution in [3.05, 3.63) is 87.0 Å². The predicted molar refractivity (Wildman–Crippen MR) is 130 cm³/mol. The highest BCUT2D eigenvalue weighted by atomic mass is 32.2. The van der Waals surface area contributed by atoms with Crippen LogP contribution in [-0.4, -0.2) is 28.3 Å². The Hall–Kier alpha value is -3.10. The molecule has 1 N–H and O–H groups in total. The Bertz CT molecular complexity index is 1300. The van der Waals surface area contributed by atoms with Gasteiger partial charge in [-0.15, -0.1) is 11.3 Å². The number of hydrogen-bond acceptors (Lipinski definition) is 6. The number of rotatable bonds is 8. The largest absolute Gasteiger partial charge is 0.497 e. The van der Waals surface area contributed by atoms with E-state index in [0.29, 0.717) is 28.5 Å². The SMILES string of the molecule is COc1cccc(Cn2c(SCC(=O)NCc3ccc(C)cc3)nc3ccsc3c2=O)c1. The minimum Gasteiger partial charge on any atom is -0.497 e. The number of amides is 1. The van der Waals surface area contributed by atoms with E-state index in [1.165, 1.54) is 28.7 Å². The van der Waals surface area contributed by atoms with E-state index in [-0.39, 0.29) is 17.2 Å². The average Bonchev–Trinajstić information content (AvgIpc) is 3.28. The van der Waals surface area contributed by atoms with Gasteiger partial charge in [-0.25, -0.2) is 4.98 Å². The molecule has 0 fully saturated rings. The van der Waals surface area contributed by atoms with E-state index < -0.39 is 0 Å². The molecule has 8 heteroatoms. The number of thiophene rings is 1. The molecule has 0 saturated carbocycles. The number of methoxy groups -OCH3 is 1. The molecular formula is C24H23N3O3S2. The van der Waals surface area contributed by atoms with Gasteiger partial charge in [0.05, 0.1) is 24.9 Å². The zero-order valence-corrected chi connectivity index (χ0v) is 19.5. The fourth-order valence-electron chi connectivity index (χ4n) is 3.21. The van der Waals surface area contributed by atoms with Crippen molar-refractivity contribution >= 4 is 39.2 Å². The molecule has 2 aromatic carbocycles. The second-order valence-corrected chi connectivity index (χ2v) is 9.18. The quantitative estimate of drug-likeness (QED) is 0.311. The smallest absolute Gasteiger partial charge is 0.272 e. The van der Waals surface area contributed by atoms with Gasteiger partial charge in [0.1, 0.15) is 10.4 Å². The molecule has 0 unspecified atom stereocenters. The van der Waals surface area contributed by atoms with Crippen LogP contribution in [0.1, 0.15) is 16.7 Å². The molecule has 6 nitrogen and oxygen atoms in total. The van der Waals surface area contributed by atoms with Crippen molar-refractivity contribution in [3.63, 3.8) is 0 Å². The maximum absolute atomic E-state index is 13.1. The molecule has 0 aliphatic heterocycles. The Balaban J connectivity index is 1.51. The number of fused-ring (bicyclic) bond motifs is 1. The Morgan fingerprint density at radius 3 is 2.75 bits per heavy atom. The van der Waals surface area contributed by atoms with Gasteiger partial charge in [-0.3, -0.25) is 14.2 Å². The Labute approximate surface area is 194 Å². The van der Waals surface area contributed by atoms with Crippen LogP contribution in [0, 0.1) is 6.92 Å². The molecule has 4 aromatic rings. The molecule has 0 saturated heterocycles. The number of aromatic nitrogens is 2. The molecule has 0 spiro atoms. The highest BCUT2D eigenvalue weighted by Crippen LogP contribution is 2.22. The summed E-state index contributed by atoms with van der Waals surface area (Å²) in [6.45, 7) is 2.85. The van der Waals surface area contributed by atoms with Crippen LogP contribution in [0.15, 0.2) is 69.9 Å². The number of thioether (sulfide) groups is 1. The van der Waals surface area contributed by atoms with Gasteiger partial charge in [0, 0.05) is 6.54 Å². The third-order valence-electron chi connectivity index (χ3n) is 4.95. The predicted octanol–water partition coefficient (Wildman–Crippen LogP) is 4.23. The summed E-state index contributed by atoms with van der Waals surface area (Å²) < 4.78 is 7.54. The fourth-order valence-corrected chi connectivity index (χ4v) is 4.82. The zero-order chi connectivity index (χ0) is 22.5. The normalized spacial score (nSPS) is 10.9. The molecule has 32 heavy (non-hydrogen) atoms. The van der Waals surface area contributed by atoms with Crippen LogP contribution in [0.25, 0.3) is 10.2 Å². The van der Waals surface area contributed by atoms with Crippen LogP contribution >= 0.6 is 23.1 Å². The minimum absolute atomic E-state index is 0.101. The highest BCUT2D eigenvalue weighted by Gasteiger charge is 2.15. The Kier molecular flexibility index (Phi) is 6.92. The molecule has 0 aliphatic carbocycles. The number of hydrogen-bond donors (Lipinski definition) is 1. The van der Waals surface area contributed by atoms with Gasteiger partial charge in [-0.1, -0.05) is 53.7 Å².